The number of amides is 3. The number of nitrogens with one attached hydrogen (secondary N) is 3. The summed E-state index contributed by atoms with van der Waals surface area (Å²) in [4.78, 5) is 39.0. The average molecular weight is 517 g/mol. The molecule has 1 aliphatic carbocycles. The molecule has 2 aliphatic heterocycles. The third-order valence-corrected chi connectivity index (χ3v) is 8.57. The topological polar surface area (TPSA) is 90.5 Å². The van der Waals surface area contributed by atoms with Crippen molar-refractivity contribution in [3.63, 3.8) is 0 Å². The molecule has 3 N–H and O–H groups in total. The van der Waals surface area contributed by atoms with Crippen LogP contribution in [0.1, 0.15) is 86.2 Å². The van der Waals surface area contributed by atoms with Gasteiger partial charge >= 0.3 is 0 Å². The molecule has 7 nitrogen and oxygen atoms in total. The van der Waals surface area contributed by atoms with E-state index in [1.54, 1.807) is 4.90 Å². The van der Waals surface area contributed by atoms with Crippen molar-refractivity contribution in [1.29, 1.82) is 0 Å². The summed E-state index contributed by atoms with van der Waals surface area (Å²) in [6.07, 6.45) is 8.80. The molecule has 1 saturated heterocycles. The van der Waals surface area contributed by atoms with Gasteiger partial charge in [0.25, 0.3) is 5.91 Å². The first kappa shape index (κ1) is 26.4. The van der Waals surface area contributed by atoms with E-state index < -0.39 is 6.04 Å². The Morgan fingerprint density at radius 3 is 2.50 bits per heavy atom. The third kappa shape index (κ3) is 5.93. The lowest BCUT2D eigenvalue weighted by Crippen LogP contribution is -2.52. The monoisotopic (exact) mass is 516 g/mol. The van der Waals surface area contributed by atoms with Crippen LogP contribution in [0.3, 0.4) is 0 Å². The van der Waals surface area contributed by atoms with Gasteiger partial charge in [0.2, 0.25) is 11.8 Å². The molecular weight excluding hydrogens is 476 g/mol. The SMILES string of the molecule is CCCC[C@@H](Nc1cccc2c1CN([C@@H]1CCC(=O)NC1=O)C2=O)C1CCC(NCc2ccccc2)CC1. The molecule has 202 valence electrons. The fourth-order valence-corrected chi connectivity index (χ4v) is 6.35. The Kier molecular flexibility index (Phi) is 8.42. The van der Waals surface area contributed by atoms with E-state index in [2.05, 4.69) is 59.3 Å². The lowest BCUT2D eigenvalue weighted by Gasteiger charge is -2.36. The van der Waals surface area contributed by atoms with Gasteiger partial charge in [-0.05, 0) is 62.1 Å². The third-order valence-electron chi connectivity index (χ3n) is 8.57. The van der Waals surface area contributed by atoms with Gasteiger partial charge in [0.15, 0.2) is 0 Å². The van der Waals surface area contributed by atoms with Gasteiger partial charge in [0, 0.05) is 48.4 Å². The molecule has 0 aromatic heterocycles. The number of hydrogen-bond acceptors (Lipinski definition) is 5. The highest BCUT2D eigenvalue weighted by Crippen LogP contribution is 2.36. The second-order valence-electron chi connectivity index (χ2n) is 11.1. The van der Waals surface area contributed by atoms with Crippen molar-refractivity contribution >= 4 is 23.4 Å². The summed E-state index contributed by atoms with van der Waals surface area (Å²) < 4.78 is 0. The van der Waals surface area contributed by atoms with Crippen LogP contribution < -0.4 is 16.0 Å². The molecule has 3 aliphatic rings. The smallest absolute Gasteiger partial charge is 0.255 e. The molecule has 0 bridgehead atoms. The first-order chi connectivity index (χ1) is 18.5. The zero-order chi connectivity index (χ0) is 26.5. The van der Waals surface area contributed by atoms with Gasteiger partial charge in [-0.15, -0.1) is 0 Å². The number of imide groups is 1. The van der Waals surface area contributed by atoms with Gasteiger partial charge in [-0.3, -0.25) is 19.7 Å². The molecule has 2 fully saturated rings. The van der Waals surface area contributed by atoms with Gasteiger partial charge in [-0.25, -0.2) is 0 Å². The number of hydrogen-bond donors (Lipinski definition) is 3. The largest absolute Gasteiger partial charge is 0.382 e. The second kappa shape index (κ2) is 12.1. The molecule has 0 radical (unpaired) electrons. The fourth-order valence-electron chi connectivity index (χ4n) is 6.35. The summed E-state index contributed by atoms with van der Waals surface area (Å²) in [5, 5.41) is 10.0. The van der Waals surface area contributed by atoms with E-state index in [9.17, 15) is 14.4 Å². The lowest BCUT2D eigenvalue weighted by molar-refractivity contribution is -0.136. The van der Waals surface area contributed by atoms with E-state index in [0.717, 1.165) is 30.6 Å². The number of carbonyl (C=O) groups excluding carboxylic acids is 3. The zero-order valence-corrected chi connectivity index (χ0v) is 22.4. The maximum atomic E-state index is 13.3. The minimum Gasteiger partial charge on any atom is -0.382 e. The van der Waals surface area contributed by atoms with Crippen LogP contribution in [0.5, 0.6) is 0 Å². The van der Waals surface area contributed by atoms with Gasteiger partial charge in [-0.1, -0.05) is 56.2 Å². The lowest BCUT2D eigenvalue weighted by atomic mass is 9.79. The summed E-state index contributed by atoms with van der Waals surface area (Å²) in [7, 11) is 0. The van der Waals surface area contributed by atoms with Crippen molar-refractivity contribution in [2.24, 2.45) is 5.92 Å². The highest BCUT2D eigenvalue weighted by Gasteiger charge is 2.40. The molecule has 2 heterocycles. The zero-order valence-electron chi connectivity index (χ0n) is 22.4. The Morgan fingerprint density at radius 2 is 1.76 bits per heavy atom. The van der Waals surface area contributed by atoms with E-state index >= 15 is 0 Å². The van der Waals surface area contributed by atoms with Crippen molar-refractivity contribution in [2.45, 2.75) is 95.9 Å². The number of fused-ring (bicyclic) bond motifs is 1. The molecule has 7 heteroatoms. The number of anilines is 1. The molecule has 0 unspecified atom stereocenters. The average Bonchev–Trinajstić information content (AvgIpc) is 3.27. The number of rotatable bonds is 10. The van der Waals surface area contributed by atoms with Crippen molar-refractivity contribution in [3.8, 4) is 0 Å². The van der Waals surface area contributed by atoms with Gasteiger partial charge in [-0.2, -0.15) is 0 Å². The first-order valence-electron chi connectivity index (χ1n) is 14.3. The van der Waals surface area contributed by atoms with Crippen LogP contribution in [0.2, 0.25) is 0 Å². The Morgan fingerprint density at radius 1 is 0.974 bits per heavy atom. The van der Waals surface area contributed by atoms with E-state index in [1.165, 1.54) is 37.7 Å². The van der Waals surface area contributed by atoms with Crippen LogP contribution in [0, 0.1) is 5.92 Å². The maximum Gasteiger partial charge on any atom is 0.255 e. The predicted molar refractivity (Wildman–Crippen MR) is 148 cm³/mol. The first-order valence-corrected chi connectivity index (χ1v) is 14.3. The Bertz CT molecular complexity index is 1140. The van der Waals surface area contributed by atoms with Crippen LogP contribution in [0.4, 0.5) is 5.69 Å². The Hall–Kier alpha value is -3.19. The molecule has 2 aromatic carbocycles. The summed E-state index contributed by atoms with van der Waals surface area (Å²) >= 11 is 0. The standard InChI is InChI=1S/C31H40N4O3/c1-2-3-11-26(22-13-15-23(16-14-22)32-19-21-8-5-4-6-9-21)33-27-12-7-10-24-25(27)20-35(31(24)38)28-17-18-29(36)34-30(28)37/h4-10,12,22-23,26,28,32-33H,2-3,11,13-20H2,1H3,(H,34,36,37)/t22?,23?,26-,28-/m1/s1. The highest BCUT2D eigenvalue weighted by atomic mass is 16.2. The molecule has 38 heavy (non-hydrogen) atoms. The fraction of sp³-hybridized carbons (Fsp3) is 0.516. The van der Waals surface area contributed by atoms with Gasteiger partial charge < -0.3 is 15.5 Å². The van der Waals surface area contributed by atoms with E-state index in [0.29, 0.717) is 36.5 Å². The number of piperidine rings is 1. The molecule has 2 aromatic rings. The summed E-state index contributed by atoms with van der Waals surface area (Å²) in [5.74, 6) is -0.152. The Labute approximate surface area is 225 Å². The number of carbonyl (C=O) groups is 3. The quantitative estimate of drug-likeness (QED) is 0.396. The molecular formula is C31H40N4O3. The minimum absolute atomic E-state index is 0.117. The van der Waals surface area contributed by atoms with Crippen LogP contribution in [-0.4, -0.2) is 40.7 Å². The van der Waals surface area contributed by atoms with Crippen LogP contribution in [-0.2, 0) is 22.7 Å². The van der Waals surface area contributed by atoms with Crippen LogP contribution in [0.15, 0.2) is 48.5 Å². The maximum absolute atomic E-state index is 13.3. The summed E-state index contributed by atoms with van der Waals surface area (Å²) in [6, 6.07) is 16.8. The number of benzene rings is 2. The van der Waals surface area contributed by atoms with Crippen LogP contribution in [0.25, 0.3) is 0 Å². The van der Waals surface area contributed by atoms with Crippen molar-refractivity contribution < 1.29 is 14.4 Å². The molecule has 1 saturated carbocycles. The molecule has 3 amide bonds. The summed E-state index contributed by atoms with van der Waals surface area (Å²) in [5.41, 5.74) is 3.98. The predicted octanol–water partition coefficient (Wildman–Crippen LogP) is 4.77. The van der Waals surface area contributed by atoms with Crippen LogP contribution >= 0.6 is 0 Å². The summed E-state index contributed by atoms with van der Waals surface area (Å²) in [6.45, 7) is 3.56. The van der Waals surface area contributed by atoms with Gasteiger partial charge in [0.1, 0.15) is 6.04 Å². The highest BCUT2D eigenvalue weighted by molar-refractivity contribution is 6.06. The second-order valence-corrected chi connectivity index (χ2v) is 11.1. The molecule has 2 atom stereocenters. The van der Waals surface area contributed by atoms with Gasteiger partial charge in [0.05, 0.1) is 0 Å². The molecule has 5 rings (SSSR count). The normalized spacial score (nSPS) is 24.2. The number of unbranched alkanes of at least 4 members (excludes halogenated alkanes) is 1. The van der Waals surface area contributed by atoms with E-state index in [1.807, 2.05) is 12.1 Å². The minimum atomic E-state index is -0.588. The Balaban J connectivity index is 1.23. The van der Waals surface area contributed by atoms with E-state index in [-0.39, 0.29) is 24.1 Å². The van der Waals surface area contributed by atoms with Crippen molar-refractivity contribution in [3.05, 3.63) is 65.2 Å². The number of nitrogens with zero attached hydrogens (tertiary/aromatic N) is 1. The van der Waals surface area contributed by atoms with Crippen molar-refractivity contribution in [2.75, 3.05) is 5.32 Å². The molecule has 0 spiro atoms. The van der Waals surface area contributed by atoms with E-state index in [4.69, 9.17) is 0 Å². The van der Waals surface area contributed by atoms with Crippen molar-refractivity contribution in [1.82, 2.24) is 15.5 Å².